The lowest BCUT2D eigenvalue weighted by atomic mass is 10.1. The van der Waals surface area contributed by atoms with Crippen LogP contribution in [0.25, 0.3) is 0 Å². The molecule has 3 rings (SSSR count). The Kier molecular flexibility index (Phi) is 9.64. The molecule has 5 nitrogen and oxygen atoms in total. The summed E-state index contributed by atoms with van der Waals surface area (Å²) >= 11 is 0. The number of rotatable bonds is 12. The number of carbonyl (C=O) groups is 1. The smallest absolute Gasteiger partial charge is 0.343 e. The highest BCUT2D eigenvalue weighted by Crippen LogP contribution is 2.22. The summed E-state index contributed by atoms with van der Waals surface area (Å²) in [5, 5.41) is 8.51. The number of ether oxygens (including phenoxy) is 2. The van der Waals surface area contributed by atoms with E-state index in [1.807, 2.05) is 49.4 Å². The molecular formula is C28H32N2O3. The van der Waals surface area contributed by atoms with E-state index >= 15 is 0 Å². The zero-order valence-electron chi connectivity index (χ0n) is 19.5. The predicted octanol–water partition coefficient (Wildman–Crippen LogP) is 8.37. The third-order valence-electron chi connectivity index (χ3n) is 5.19. The molecule has 0 aliphatic rings. The van der Waals surface area contributed by atoms with E-state index < -0.39 is 5.97 Å². The van der Waals surface area contributed by atoms with Crippen molar-refractivity contribution in [1.82, 2.24) is 0 Å². The maximum Gasteiger partial charge on any atom is 0.343 e. The summed E-state index contributed by atoms with van der Waals surface area (Å²) in [4.78, 5) is 12.3. The quantitative estimate of drug-likeness (QED) is 0.122. The maximum atomic E-state index is 12.3. The molecule has 0 spiro atoms. The van der Waals surface area contributed by atoms with Gasteiger partial charge in [0, 0.05) is 0 Å². The topological polar surface area (TPSA) is 60.2 Å². The SMILES string of the molecule is CCCCCCCCOc1ccc(N=Nc2ccc(C(=O)Oc3cccc(C)c3)cc2)cc1. The van der Waals surface area contributed by atoms with Crippen LogP contribution in [0.2, 0.25) is 0 Å². The summed E-state index contributed by atoms with van der Waals surface area (Å²) in [7, 11) is 0. The van der Waals surface area contributed by atoms with Gasteiger partial charge in [0.25, 0.3) is 0 Å². The van der Waals surface area contributed by atoms with E-state index in [1.165, 1.54) is 32.1 Å². The predicted molar refractivity (Wildman–Crippen MR) is 132 cm³/mol. The molecule has 5 heteroatoms. The fraction of sp³-hybridized carbons (Fsp3) is 0.321. The van der Waals surface area contributed by atoms with Crippen molar-refractivity contribution in [2.75, 3.05) is 6.61 Å². The maximum absolute atomic E-state index is 12.3. The Labute approximate surface area is 196 Å². The third kappa shape index (κ3) is 8.53. The Morgan fingerprint density at radius 3 is 2.06 bits per heavy atom. The second kappa shape index (κ2) is 13.2. The first kappa shape index (κ1) is 24.2. The van der Waals surface area contributed by atoms with E-state index in [9.17, 15) is 4.79 Å². The summed E-state index contributed by atoms with van der Waals surface area (Å²) < 4.78 is 11.2. The van der Waals surface area contributed by atoms with Gasteiger partial charge in [0.15, 0.2) is 0 Å². The molecule has 3 aromatic rings. The summed E-state index contributed by atoms with van der Waals surface area (Å²) in [5.41, 5.74) is 2.89. The second-order valence-electron chi connectivity index (χ2n) is 8.06. The van der Waals surface area contributed by atoms with Crippen molar-refractivity contribution in [2.24, 2.45) is 10.2 Å². The van der Waals surface area contributed by atoms with E-state index in [0.717, 1.165) is 30.0 Å². The number of azo groups is 1. The Morgan fingerprint density at radius 2 is 1.39 bits per heavy atom. The first-order chi connectivity index (χ1) is 16.1. The van der Waals surface area contributed by atoms with Gasteiger partial charge in [-0.1, -0.05) is 51.2 Å². The van der Waals surface area contributed by atoms with Gasteiger partial charge in [-0.15, -0.1) is 0 Å². The number of unbranched alkanes of at least 4 members (excludes halogenated alkanes) is 5. The number of esters is 1. The molecule has 0 N–H and O–H groups in total. The highest BCUT2D eigenvalue weighted by molar-refractivity contribution is 5.91. The molecular weight excluding hydrogens is 412 g/mol. The van der Waals surface area contributed by atoms with Gasteiger partial charge in [-0.3, -0.25) is 0 Å². The number of carbonyl (C=O) groups excluding carboxylic acids is 1. The normalized spacial score (nSPS) is 11.0. The number of nitrogens with zero attached hydrogens (tertiary/aromatic N) is 2. The molecule has 0 fully saturated rings. The molecule has 33 heavy (non-hydrogen) atoms. The minimum Gasteiger partial charge on any atom is -0.494 e. The highest BCUT2D eigenvalue weighted by Gasteiger charge is 2.08. The lowest BCUT2D eigenvalue weighted by molar-refractivity contribution is 0.0734. The van der Waals surface area contributed by atoms with Gasteiger partial charge >= 0.3 is 5.97 Å². The van der Waals surface area contributed by atoms with Crippen LogP contribution in [0.5, 0.6) is 11.5 Å². The summed E-state index contributed by atoms with van der Waals surface area (Å²) in [6.45, 7) is 4.92. The van der Waals surface area contributed by atoms with E-state index in [0.29, 0.717) is 17.0 Å². The lowest BCUT2D eigenvalue weighted by Gasteiger charge is -2.06. The van der Waals surface area contributed by atoms with Crippen LogP contribution in [0.1, 0.15) is 61.4 Å². The summed E-state index contributed by atoms with van der Waals surface area (Å²) in [6.07, 6.45) is 7.49. The van der Waals surface area contributed by atoms with Gasteiger partial charge < -0.3 is 9.47 Å². The molecule has 0 aliphatic heterocycles. The van der Waals surface area contributed by atoms with Crippen molar-refractivity contribution in [3.8, 4) is 11.5 Å². The Hall–Kier alpha value is -3.47. The number of hydrogen-bond donors (Lipinski definition) is 0. The fourth-order valence-corrected chi connectivity index (χ4v) is 3.31. The largest absolute Gasteiger partial charge is 0.494 e. The second-order valence-corrected chi connectivity index (χ2v) is 8.06. The van der Waals surface area contributed by atoms with Crippen LogP contribution in [0.4, 0.5) is 11.4 Å². The van der Waals surface area contributed by atoms with E-state index in [-0.39, 0.29) is 0 Å². The average molecular weight is 445 g/mol. The number of hydrogen-bond acceptors (Lipinski definition) is 5. The molecule has 0 saturated carbocycles. The third-order valence-corrected chi connectivity index (χ3v) is 5.19. The van der Waals surface area contributed by atoms with Crippen molar-refractivity contribution in [3.05, 3.63) is 83.9 Å². The van der Waals surface area contributed by atoms with Crippen LogP contribution in [0.3, 0.4) is 0 Å². The van der Waals surface area contributed by atoms with Crippen molar-refractivity contribution < 1.29 is 14.3 Å². The van der Waals surface area contributed by atoms with Crippen LogP contribution < -0.4 is 9.47 Å². The Morgan fingerprint density at radius 1 is 0.758 bits per heavy atom. The zero-order chi connectivity index (χ0) is 23.3. The molecule has 0 saturated heterocycles. The van der Waals surface area contributed by atoms with Crippen LogP contribution in [0.15, 0.2) is 83.0 Å². The summed E-state index contributed by atoms with van der Waals surface area (Å²) in [6, 6.07) is 21.8. The van der Waals surface area contributed by atoms with Crippen molar-refractivity contribution in [2.45, 2.75) is 52.4 Å². The van der Waals surface area contributed by atoms with Gasteiger partial charge in [-0.25, -0.2) is 4.79 Å². The van der Waals surface area contributed by atoms with E-state index in [4.69, 9.17) is 9.47 Å². The lowest BCUT2D eigenvalue weighted by Crippen LogP contribution is -2.08. The molecule has 0 heterocycles. The minimum atomic E-state index is -0.402. The minimum absolute atomic E-state index is 0.402. The molecule has 0 unspecified atom stereocenters. The fourth-order valence-electron chi connectivity index (χ4n) is 3.31. The van der Waals surface area contributed by atoms with Gasteiger partial charge in [-0.2, -0.15) is 10.2 Å². The zero-order valence-corrected chi connectivity index (χ0v) is 19.5. The monoisotopic (exact) mass is 444 g/mol. The first-order valence-electron chi connectivity index (χ1n) is 11.7. The van der Waals surface area contributed by atoms with Crippen molar-refractivity contribution in [1.29, 1.82) is 0 Å². The van der Waals surface area contributed by atoms with E-state index in [2.05, 4.69) is 17.2 Å². The molecule has 0 aromatic heterocycles. The van der Waals surface area contributed by atoms with Gasteiger partial charge in [0.2, 0.25) is 0 Å². The molecule has 0 amide bonds. The standard InChI is InChI=1S/C28H32N2O3/c1-3-4-5-6-7-8-20-32-26-18-16-25(17-19-26)30-29-24-14-12-23(13-15-24)28(31)33-27-11-9-10-22(2)21-27/h9-19,21H,3-8,20H2,1-2H3. The molecule has 0 aliphatic carbocycles. The number of benzene rings is 3. The van der Waals surface area contributed by atoms with Gasteiger partial charge in [0.05, 0.1) is 23.5 Å². The molecule has 0 radical (unpaired) electrons. The van der Waals surface area contributed by atoms with Crippen molar-refractivity contribution in [3.63, 3.8) is 0 Å². The van der Waals surface area contributed by atoms with Gasteiger partial charge in [0.1, 0.15) is 11.5 Å². The average Bonchev–Trinajstić information content (AvgIpc) is 2.83. The van der Waals surface area contributed by atoms with E-state index in [1.54, 1.807) is 30.3 Å². The van der Waals surface area contributed by atoms with Crippen LogP contribution in [-0.4, -0.2) is 12.6 Å². The van der Waals surface area contributed by atoms with Gasteiger partial charge in [-0.05, 0) is 79.6 Å². The van der Waals surface area contributed by atoms with Crippen molar-refractivity contribution >= 4 is 17.3 Å². The molecule has 0 atom stereocenters. The first-order valence-corrected chi connectivity index (χ1v) is 11.7. The van der Waals surface area contributed by atoms with Crippen LogP contribution >= 0.6 is 0 Å². The molecule has 0 bridgehead atoms. The molecule has 3 aromatic carbocycles. The Bertz CT molecular complexity index is 1030. The summed E-state index contributed by atoms with van der Waals surface area (Å²) in [5.74, 6) is 0.975. The van der Waals surface area contributed by atoms with Crippen LogP contribution in [0, 0.1) is 6.92 Å². The number of aryl methyl sites for hydroxylation is 1. The Balaban J connectivity index is 1.45. The molecule has 172 valence electrons. The van der Waals surface area contributed by atoms with Crippen LogP contribution in [-0.2, 0) is 0 Å². The highest BCUT2D eigenvalue weighted by atomic mass is 16.5.